The number of nitrogens with zero attached hydrogens (tertiary/aromatic N) is 3. The lowest BCUT2D eigenvalue weighted by Crippen LogP contribution is -2.10. The van der Waals surface area contributed by atoms with Crippen molar-refractivity contribution in [3.63, 3.8) is 0 Å². The minimum absolute atomic E-state index is 0.110. The van der Waals surface area contributed by atoms with E-state index in [0.717, 1.165) is 16.0 Å². The van der Waals surface area contributed by atoms with Gasteiger partial charge in [-0.15, -0.1) is 11.8 Å². The standard InChI is InChI=1S/C19H15N3O2S/c1-22-11-15(17(23)14-5-3-4-6-16(14)22)19-20-18(21-24-19)12-7-9-13(25-2)10-8-12/h3-11H,1-2H3. The maximum atomic E-state index is 12.8. The molecule has 0 saturated heterocycles. The molecule has 4 aromatic rings. The number of rotatable bonds is 3. The van der Waals surface area contributed by atoms with E-state index in [9.17, 15) is 4.79 Å². The molecule has 0 unspecified atom stereocenters. The van der Waals surface area contributed by atoms with E-state index in [2.05, 4.69) is 10.1 Å². The van der Waals surface area contributed by atoms with Crippen molar-refractivity contribution in [2.24, 2.45) is 7.05 Å². The molecule has 2 heterocycles. The van der Waals surface area contributed by atoms with E-state index in [-0.39, 0.29) is 11.3 Å². The molecule has 4 rings (SSSR count). The zero-order chi connectivity index (χ0) is 17.4. The van der Waals surface area contributed by atoms with Gasteiger partial charge in [-0.25, -0.2) is 0 Å². The van der Waals surface area contributed by atoms with E-state index in [1.807, 2.05) is 60.3 Å². The van der Waals surface area contributed by atoms with Gasteiger partial charge in [-0.1, -0.05) is 17.3 Å². The Labute approximate surface area is 148 Å². The van der Waals surface area contributed by atoms with Gasteiger partial charge < -0.3 is 9.09 Å². The largest absolute Gasteiger partial charge is 0.350 e. The Balaban J connectivity index is 1.81. The van der Waals surface area contributed by atoms with Crippen LogP contribution >= 0.6 is 11.8 Å². The highest BCUT2D eigenvalue weighted by Gasteiger charge is 2.16. The Morgan fingerprint density at radius 1 is 1.08 bits per heavy atom. The molecule has 0 saturated carbocycles. The number of benzene rings is 2. The van der Waals surface area contributed by atoms with Gasteiger partial charge in [0.15, 0.2) is 0 Å². The van der Waals surface area contributed by atoms with Crippen molar-refractivity contribution in [2.45, 2.75) is 4.90 Å². The summed E-state index contributed by atoms with van der Waals surface area (Å²) in [5.74, 6) is 0.702. The third-order valence-corrected chi connectivity index (χ3v) is 4.84. The van der Waals surface area contributed by atoms with Crippen LogP contribution in [0.5, 0.6) is 0 Å². The molecule has 124 valence electrons. The van der Waals surface area contributed by atoms with Crippen LogP contribution in [0.2, 0.25) is 0 Å². The predicted octanol–water partition coefficient (Wildman–Crippen LogP) is 3.98. The SMILES string of the molecule is CSc1ccc(-c2noc(-c3cn(C)c4ccccc4c3=O)n2)cc1. The normalized spacial score (nSPS) is 11.1. The number of hydrogen-bond donors (Lipinski definition) is 0. The number of aryl methyl sites for hydroxylation is 1. The Hall–Kier alpha value is -2.86. The van der Waals surface area contributed by atoms with E-state index in [1.54, 1.807) is 24.0 Å². The summed E-state index contributed by atoms with van der Waals surface area (Å²) < 4.78 is 7.26. The molecule has 6 heteroatoms. The maximum Gasteiger partial charge on any atom is 0.263 e. The zero-order valence-corrected chi connectivity index (χ0v) is 14.6. The zero-order valence-electron chi connectivity index (χ0n) is 13.8. The summed E-state index contributed by atoms with van der Waals surface area (Å²) in [6, 6.07) is 15.4. The third kappa shape index (κ3) is 2.74. The fourth-order valence-electron chi connectivity index (χ4n) is 2.78. The lowest BCUT2D eigenvalue weighted by atomic mass is 10.1. The second-order valence-electron chi connectivity index (χ2n) is 5.65. The number of aromatic nitrogens is 3. The Morgan fingerprint density at radius 3 is 2.60 bits per heavy atom. The number of pyridine rings is 1. The molecule has 0 fully saturated rings. The highest BCUT2D eigenvalue weighted by atomic mass is 32.2. The number of hydrogen-bond acceptors (Lipinski definition) is 5. The van der Waals surface area contributed by atoms with Gasteiger partial charge >= 0.3 is 0 Å². The smallest absolute Gasteiger partial charge is 0.263 e. The monoisotopic (exact) mass is 349 g/mol. The molecule has 2 aromatic heterocycles. The first kappa shape index (κ1) is 15.7. The lowest BCUT2D eigenvalue weighted by molar-refractivity contribution is 0.432. The Bertz CT molecular complexity index is 1110. The minimum Gasteiger partial charge on any atom is -0.350 e. The van der Waals surface area contributed by atoms with Crippen LogP contribution in [0, 0.1) is 0 Å². The van der Waals surface area contributed by atoms with Crippen molar-refractivity contribution in [3.8, 4) is 22.8 Å². The van der Waals surface area contributed by atoms with Crippen LogP contribution in [0.25, 0.3) is 33.7 Å². The summed E-state index contributed by atoms with van der Waals surface area (Å²) in [7, 11) is 1.89. The molecule has 5 nitrogen and oxygen atoms in total. The van der Waals surface area contributed by atoms with Crippen LogP contribution in [0.3, 0.4) is 0 Å². The van der Waals surface area contributed by atoms with Gasteiger partial charge in [0.25, 0.3) is 5.89 Å². The molecule has 0 bridgehead atoms. The molecule has 0 aliphatic carbocycles. The molecular formula is C19H15N3O2S. The first-order valence-corrected chi connectivity index (χ1v) is 8.97. The van der Waals surface area contributed by atoms with Gasteiger partial charge in [0.2, 0.25) is 11.3 Å². The maximum absolute atomic E-state index is 12.8. The minimum atomic E-state index is -0.110. The Morgan fingerprint density at radius 2 is 1.84 bits per heavy atom. The van der Waals surface area contributed by atoms with Gasteiger partial charge in [0.1, 0.15) is 5.56 Å². The van der Waals surface area contributed by atoms with Crippen LogP contribution in [0.15, 0.2) is 68.9 Å². The summed E-state index contributed by atoms with van der Waals surface area (Å²) in [6.07, 6.45) is 3.76. The second kappa shape index (κ2) is 6.22. The number of fused-ring (bicyclic) bond motifs is 1. The van der Waals surface area contributed by atoms with E-state index in [0.29, 0.717) is 16.8 Å². The van der Waals surface area contributed by atoms with Crippen molar-refractivity contribution in [1.82, 2.24) is 14.7 Å². The molecular weight excluding hydrogens is 334 g/mol. The Kier molecular flexibility index (Phi) is 3.89. The van der Waals surface area contributed by atoms with Crippen molar-refractivity contribution in [2.75, 3.05) is 6.26 Å². The molecule has 0 amide bonds. The fourth-order valence-corrected chi connectivity index (χ4v) is 3.19. The summed E-state index contributed by atoms with van der Waals surface area (Å²) >= 11 is 1.67. The van der Waals surface area contributed by atoms with Crippen LogP contribution in [-0.2, 0) is 7.05 Å². The summed E-state index contributed by atoms with van der Waals surface area (Å²) in [4.78, 5) is 18.3. The topological polar surface area (TPSA) is 60.9 Å². The van der Waals surface area contributed by atoms with Gasteiger partial charge in [-0.2, -0.15) is 4.98 Å². The third-order valence-electron chi connectivity index (χ3n) is 4.10. The second-order valence-corrected chi connectivity index (χ2v) is 6.53. The quantitative estimate of drug-likeness (QED) is 0.524. The van der Waals surface area contributed by atoms with E-state index in [4.69, 9.17) is 4.52 Å². The molecule has 2 aromatic carbocycles. The highest BCUT2D eigenvalue weighted by Crippen LogP contribution is 2.24. The van der Waals surface area contributed by atoms with Gasteiger partial charge in [0, 0.05) is 29.1 Å². The van der Waals surface area contributed by atoms with Crippen LogP contribution in [0.4, 0.5) is 0 Å². The van der Waals surface area contributed by atoms with Gasteiger partial charge in [-0.3, -0.25) is 4.79 Å². The van der Waals surface area contributed by atoms with Crippen LogP contribution < -0.4 is 5.43 Å². The van der Waals surface area contributed by atoms with Crippen molar-refractivity contribution in [3.05, 3.63) is 65.0 Å². The van der Waals surface area contributed by atoms with Crippen molar-refractivity contribution in [1.29, 1.82) is 0 Å². The summed E-state index contributed by atoms with van der Waals surface area (Å²) in [5.41, 5.74) is 2.01. The number of para-hydroxylation sites is 1. The van der Waals surface area contributed by atoms with Gasteiger partial charge in [0.05, 0.1) is 5.52 Å². The average Bonchev–Trinajstić information content (AvgIpc) is 3.15. The predicted molar refractivity (Wildman–Crippen MR) is 99.7 cm³/mol. The van der Waals surface area contributed by atoms with Crippen LogP contribution in [-0.4, -0.2) is 21.0 Å². The molecule has 0 atom stereocenters. The highest BCUT2D eigenvalue weighted by molar-refractivity contribution is 7.98. The summed E-state index contributed by atoms with van der Waals surface area (Å²) in [6.45, 7) is 0. The fraction of sp³-hybridized carbons (Fsp3) is 0.105. The molecule has 0 aliphatic rings. The van der Waals surface area contributed by atoms with Crippen molar-refractivity contribution < 1.29 is 4.52 Å². The molecule has 0 spiro atoms. The molecule has 0 aliphatic heterocycles. The van der Waals surface area contributed by atoms with E-state index < -0.39 is 0 Å². The molecule has 0 N–H and O–H groups in total. The van der Waals surface area contributed by atoms with Gasteiger partial charge in [-0.05, 0) is 42.7 Å². The summed E-state index contributed by atoms with van der Waals surface area (Å²) in [5, 5.41) is 4.66. The average molecular weight is 349 g/mol. The van der Waals surface area contributed by atoms with E-state index in [1.165, 1.54) is 0 Å². The first-order chi connectivity index (χ1) is 12.2. The lowest BCUT2D eigenvalue weighted by Gasteiger charge is -2.06. The molecule has 0 radical (unpaired) electrons. The number of thioether (sulfide) groups is 1. The molecule has 25 heavy (non-hydrogen) atoms. The van der Waals surface area contributed by atoms with Crippen LogP contribution in [0.1, 0.15) is 0 Å². The first-order valence-electron chi connectivity index (χ1n) is 7.74. The van der Waals surface area contributed by atoms with E-state index >= 15 is 0 Å². The van der Waals surface area contributed by atoms with Crippen molar-refractivity contribution >= 4 is 22.7 Å².